The van der Waals surface area contributed by atoms with Crippen LogP contribution in [0.4, 0.5) is 18.9 Å². The average Bonchev–Trinajstić information content (AvgIpc) is 2.53. The molecule has 25 heavy (non-hydrogen) atoms. The van der Waals surface area contributed by atoms with Crippen LogP contribution in [0.25, 0.3) is 17.0 Å². The summed E-state index contributed by atoms with van der Waals surface area (Å²) in [5.74, 6) is -2.67. The molecular formula is C16H16BF3N2O3. The van der Waals surface area contributed by atoms with Crippen LogP contribution in [0.3, 0.4) is 0 Å². The van der Waals surface area contributed by atoms with Crippen molar-refractivity contribution < 1.29 is 27.9 Å². The van der Waals surface area contributed by atoms with Gasteiger partial charge in [-0.05, 0) is 23.8 Å². The highest BCUT2D eigenvalue weighted by Gasteiger charge is 2.34. The van der Waals surface area contributed by atoms with Gasteiger partial charge >= 0.3 is 7.32 Å². The minimum absolute atomic E-state index is 0.167. The molecule has 9 heteroatoms. The maximum atomic E-state index is 13.6. The van der Waals surface area contributed by atoms with Crippen LogP contribution in [0.15, 0.2) is 36.5 Å². The number of alkyl halides is 2. The van der Waals surface area contributed by atoms with Crippen molar-refractivity contribution in [2.24, 2.45) is 0 Å². The summed E-state index contributed by atoms with van der Waals surface area (Å²) in [6.45, 7) is 0.334. The zero-order valence-electron chi connectivity index (χ0n) is 13.2. The van der Waals surface area contributed by atoms with Gasteiger partial charge in [-0.25, -0.2) is 8.78 Å². The first-order chi connectivity index (χ1) is 11.8. The molecule has 1 aliphatic rings. The second kappa shape index (κ2) is 6.93. The zero-order valence-corrected chi connectivity index (χ0v) is 13.2. The molecule has 0 saturated carbocycles. The van der Waals surface area contributed by atoms with Crippen molar-refractivity contribution in [3.8, 4) is 0 Å². The standard InChI is InChI=1S/C16H16BF3N2O3/c18-14(25-17(23)24)10-11-8-12-2-1-5-21-15(12)13(9-11)22-6-3-16(19,20)4-7-22/h1-2,5,8-10,23-24H,3-4,6-7H2/b14-10+. The number of anilines is 1. The topological polar surface area (TPSA) is 65.8 Å². The number of nitrogens with zero attached hydrogens (tertiary/aromatic N) is 2. The van der Waals surface area contributed by atoms with Crippen molar-refractivity contribution in [1.82, 2.24) is 4.98 Å². The average molecular weight is 352 g/mol. The Morgan fingerprint density at radius 2 is 2.00 bits per heavy atom. The van der Waals surface area contributed by atoms with Gasteiger partial charge in [-0.1, -0.05) is 6.07 Å². The van der Waals surface area contributed by atoms with E-state index in [-0.39, 0.29) is 25.9 Å². The highest BCUT2D eigenvalue weighted by Crippen LogP contribution is 2.34. The quantitative estimate of drug-likeness (QED) is 0.654. The summed E-state index contributed by atoms with van der Waals surface area (Å²) in [7, 11) is -2.26. The summed E-state index contributed by atoms with van der Waals surface area (Å²) in [6, 6.07) is 5.59. The van der Waals surface area contributed by atoms with E-state index in [1.54, 1.807) is 35.4 Å². The summed E-state index contributed by atoms with van der Waals surface area (Å²) in [5, 5.41) is 18.0. The molecule has 1 aliphatic heterocycles. The van der Waals surface area contributed by atoms with E-state index >= 15 is 0 Å². The number of pyridine rings is 1. The summed E-state index contributed by atoms with van der Waals surface area (Å²) in [5.41, 5.74) is 1.65. The molecule has 5 nitrogen and oxygen atoms in total. The predicted molar refractivity (Wildman–Crippen MR) is 88.5 cm³/mol. The molecule has 0 bridgehead atoms. The lowest BCUT2D eigenvalue weighted by Gasteiger charge is -2.34. The van der Waals surface area contributed by atoms with Gasteiger partial charge in [-0.2, -0.15) is 4.39 Å². The molecule has 1 fully saturated rings. The number of benzene rings is 1. The van der Waals surface area contributed by atoms with Gasteiger partial charge in [0.25, 0.3) is 11.9 Å². The van der Waals surface area contributed by atoms with Crippen LogP contribution in [0.2, 0.25) is 0 Å². The Morgan fingerprint density at radius 1 is 1.28 bits per heavy atom. The molecule has 0 atom stereocenters. The molecule has 0 unspecified atom stereocenters. The van der Waals surface area contributed by atoms with Crippen LogP contribution in [0.1, 0.15) is 18.4 Å². The third-order valence-electron chi connectivity index (χ3n) is 4.04. The fraction of sp³-hybridized carbons (Fsp3) is 0.312. The second-order valence-corrected chi connectivity index (χ2v) is 5.85. The molecule has 2 heterocycles. The Morgan fingerprint density at radius 3 is 2.68 bits per heavy atom. The molecule has 1 saturated heterocycles. The molecule has 1 aromatic heterocycles. The monoisotopic (exact) mass is 352 g/mol. The van der Waals surface area contributed by atoms with Crippen LogP contribution in [0, 0.1) is 0 Å². The lowest BCUT2D eigenvalue weighted by atomic mass is 10.0. The van der Waals surface area contributed by atoms with Crippen LogP contribution < -0.4 is 4.90 Å². The normalized spacial score (nSPS) is 17.6. The molecular weight excluding hydrogens is 336 g/mol. The van der Waals surface area contributed by atoms with Gasteiger partial charge in [-0.15, -0.1) is 0 Å². The minimum atomic E-state index is -2.67. The predicted octanol–water partition coefficient (Wildman–Crippen LogP) is 2.72. The summed E-state index contributed by atoms with van der Waals surface area (Å²) in [4.78, 5) is 6.10. The van der Waals surface area contributed by atoms with Crippen LogP contribution in [-0.4, -0.2) is 41.4 Å². The Bertz CT molecular complexity index is 791. The molecule has 0 aliphatic carbocycles. The van der Waals surface area contributed by atoms with Gasteiger partial charge < -0.3 is 19.6 Å². The number of hydrogen-bond acceptors (Lipinski definition) is 5. The maximum Gasteiger partial charge on any atom is 0.709 e. The number of piperidine rings is 1. The fourth-order valence-corrected chi connectivity index (χ4v) is 2.86. The molecule has 2 aromatic rings. The molecule has 0 amide bonds. The molecule has 132 valence electrons. The van der Waals surface area contributed by atoms with Gasteiger partial charge in [0.2, 0.25) is 0 Å². The Balaban J connectivity index is 1.99. The molecule has 3 rings (SSSR count). The number of rotatable bonds is 4. The maximum absolute atomic E-state index is 13.6. The van der Waals surface area contributed by atoms with Gasteiger partial charge in [0, 0.05) is 43.6 Å². The van der Waals surface area contributed by atoms with E-state index in [0.717, 1.165) is 6.08 Å². The van der Waals surface area contributed by atoms with E-state index < -0.39 is 19.3 Å². The fourth-order valence-electron chi connectivity index (χ4n) is 2.86. The summed E-state index contributed by atoms with van der Waals surface area (Å²) < 4.78 is 44.6. The highest BCUT2D eigenvalue weighted by atomic mass is 19.3. The second-order valence-electron chi connectivity index (χ2n) is 5.85. The summed E-state index contributed by atoms with van der Waals surface area (Å²) >= 11 is 0. The number of hydrogen-bond donors (Lipinski definition) is 2. The SMILES string of the molecule is OB(O)O/C(F)=C/c1cc(N2CCC(F)(F)CC2)c2ncccc2c1. The van der Waals surface area contributed by atoms with E-state index in [4.69, 9.17) is 10.0 Å². The Kier molecular flexibility index (Phi) is 4.87. The molecule has 0 spiro atoms. The number of fused-ring (bicyclic) bond motifs is 1. The van der Waals surface area contributed by atoms with Crippen molar-refractivity contribution in [3.05, 3.63) is 42.0 Å². The lowest BCUT2D eigenvalue weighted by Crippen LogP contribution is -2.39. The van der Waals surface area contributed by atoms with Crippen LogP contribution >= 0.6 is 0 Å². The summed E-state index contributed by atoms with van der Waals surface area (Å²) in [6.07, 6.45) is 2.09. The number of halogens is 3. The van der Waals surface area contributed by atoms with Crippen molar-refractivity contribution in [2.75, 3.05) is 18.0 Å². The van der Waals surface area contributed by atoms with E-state index in [1.165, 1.54) is 0 Å². The largest absolute Gasteiger partial charge is 0.709 e. The van der Waals surface area contributed by atoms with Crippen LogP contribution in [-0.2, 0) is 4.65 Å². The van der Waals surface area contributed by atoms with E-state index in [0.29, 0.717) is 22.2 Å². The van der Waals surface area contributed by atoms with Crippen molar-refractivity contribution in [2.45, 2.75) is 18.8 Å². The van der Waals surface area contributed by atoms with E-state index in [9.17, 15) is 13.2 Å². The van der Waals surface area contributed by atoms with Gasteiger partial charge in [-0.3, -0.25) is 4.98 Å². The molecule has 0 radical (unpaired) electrons. The van der Waals surface area contributed by atoms with Gasteiger partial charge in [0.15, 0.2) is 0 Å². The number of aromatic nitrogens is 1. The van der Waals surface area contributed by atoms with Crippen molar-refractivity contribution in [3.63, 3.8) is 0 Å². The zero-order chi connectivity index (χ0) is 18.0. The lowest BCUT2D eigenvalue weighted by molar-refractivity contribution is -0.0220. The highest BCUT2D eigenvalue weighted by molar-refractivity contribution is 6.33. The van der Waals surface area contributed by atoms with Gasteiger partial charge in [0.05, 0.1) is 11.2 Å². The first-order valence-electron chi connectivity index (χ1n) is 7.76. The molecule has 1 aromatic carbocycles. The van der Waals surface area contributed by atoms with Gasteiger partial charge in [0.1, 0.15) is 0 Å². The van der Waals surface area contributed by atoms with E-state index in [2.05, 4.69) is 9.64 Å². The third-order valence-corrected chi connectivity index (χ3v) is 4.04. The first kappa shape index (κ1) is 17.6. The van der Waals surface area contributed by atoms with Crippen LogP contribution in [0.5, 0.6) is 0 Å². The molecule has 2 N–H and O–H groups in total. The minimum Gasteiger partial charge on any atom is -0.490 e. The van der Waals surface area contributed by atoms with E-state index in [1.807, 2.05) is 0 Å². The Hall–Kier alpha value is -2.26. The first-order valence-corrected chi connectivity index (χ1v) is 7.76. The third kappa shape index (κ3) is 4.23. The smallest absolute Gasteiger partial charge is 0.490 e. The van der Waals surface area contributed by atoms with Crippen molar-refractivity contribution >= 4 is 30.0 Å². The van der Waals surface area contributed by atoms with Crippen molar-refractivity contribution in [1.29, 1.82) is 0 Å². The Labute approximate surface area is 142 Å².